The molecule has 1 saturated heterocycles. The molecule has 0 saturated carbocycles. The smallest absolute Gasteiger partial charge is 0.459 e. The van der Waals surface area contributed by atoms with Gasteiger partial charge in [-0.2, -0.15) is 15.1 Å². The number of ether oxygens (including phenoxy) is 2. The van der Waals surface area contributed by atoms with E-state index in [0.717, 1.165) is 24.2 Å². The van der Waals surface area contributed by atoms with E-state index in [1.165, 1.54) is 19.1 Å². The lowest BCUT2D eigenvalue weighted by Gasteiger charge is -2.28. The number of nitrogen functional groups attached to an aromatic ring is 1. The van der Waals surface area contributed by atoms with Crippen LogP contribution >= 0.6 is 7.75 Å². The number of para-hydroxylation sites is 1. The van der Waals surface area contributed by atoms with Gasteiger partial charge in [0.2, 0.25) is 5.95 Å². The number of carbonyl (C=O) groups excluding carboxylic acids is 1. The van der Waals surface area contributed by atoms with E-state index in [1.54, 1.807) is 32.0 Å². The lowest BCUT2D eigenvalue weighted by atomic mass is 9.97. The summed E-state index contributed by atoms with van der Waals surface area (Å²) in [6.07, 6.45) is -2.79. The summed E-state index contributed by atoms with van der Waals surface area (Å²) < 4.78 is 68.6. The van der Waals surface area contributed by atoms with Gasteiger partial charge >= 0.3 is 13.7 Å². The maximum atomic E-state index is 16.3. The summed E-state index contributed by atoms with van der Waals surface area (Å²) in [7, 11) is -4.57. The quantitative estimate of drug-likeness (QED) is 0.159. The molecule has 0 spiro atoms. The van der Waals surface area contributed by atoms with E-state index in [2.05, 4.69) is 25.4 Å². The Labute approximate surface area is 246 Å². The second-order valence-electron chi connectivity index (χ2n) is 10.5. The van der Waals surface area contributed by atoms with Crippen LogP contribution in [0.3, 0.4) is 0 Å². The van der Waals surface area contributed by atoms with Crippen LogP contribution in [0, 0.1) is 0 Å². The molecular formula is C26H36F2N7O7P. The van der Waals surface area contributed by atoms with E-state index in [9.17, 15) is 14.5 Å². The number of benzene rings is 1. The van der Waals surface area contributed by atoms with E-state index in [-0.39, 0.29) is 28.7 Å². The van der Waals surface area contributed by atoms with Crippen molar-refractivity contribution in [2.45, 2.75) is 77.0 Å². The largest absolute Gasteiger partial charge is 0.462 e. The van der Waals surface area contributed by atoms with E-state index in [1.807, 2.05) is 6.92 Å². The molecule has 1 aliphatic rings. The van der Waals surface area contributed by atoms with Crippen LogP contribution in [-0.2, 0) is 23.4 Å². The van der Waals surface area contributed by atoms with Gasteiger partial charge in [-0.1, -0.05) is 25.1 Å². The first-order chi connectivity index (χ1) is 20.2. The summed E-state index contributed by atoms with van der Waals surface area (Å²) in [6.45, 7) is 6.74. The van der Waals surface area contributed by atoms with Gasteiger partial charge in [-0.3, -0.25) is 13.9 Å². The minimum Gasteiger partial charge on any atom is -0.462 e. The fraction of sp³-hybridized carbons (Fsp3) is 0.538. The summed E-state index contributed by atoms with van der Waals surface area (Å²) in [6, 6.07) is 6.54. The molecule has 1 fully saturated rings. The predicted molar refractivity (Wildman–Crippen MR) is 152 cm³/mol. The maximum Gasteiger partial charge on any atom is 0.459 e. The van der Waals surface area contributed by atoms with Crippen molar-refractivity contribution >= 4 is 36.6 Å². The molecule has 0 bridgehead atoms. The first kappa shape index (κ1) is 32.5. The number of esters is 1. The highest BCUT2D eigenvalue weighted by molar-refractivity contribution is 7.52. The minimum atomic E-state index is -4.57. The van der Waals surface area contributed by atoms with Gasteiger partial charge in [0.15, 0.2) is 35.0 Å². The van der Waals surface area contributed by atoms with Crippen LogP contribution in [0.2, 0.25) is 0 Å². The van der Waals surface area contributed by atoms with Crippen molar-refractivity contribution < 1.29 is 41.8 Å². The van der Waals surface area contributed by atoms with Crippen LogP contribution < -0.4 is 20.7 Å². The summed E-state index contributed by atoms with van der Waals surface area (Å²) in [5.74, 6) is -3.83. The Morgan fingerprint density at radius 2 is 1.95 bits per heavy atom. The molecule has 236 valence electrons. The second kappa shape index (κ2) is 12.7. The first-order valence-electron chi connectivity index (χ1n) is 13.6. The third kappa shape index (κ3) is 7.04. The molecule has 0 amide bonds. The zero-order chi connectivity index (χ0) is 31.6. The fourth-order valence-corrected chi connectivity index (χ4v) is 5.85. The summed E-state index contributed by atoms with van der Waals surface area (Å²) in [5, 5.41) is 16.3. The lowest BCUT2D eigenvalue weighted by Crippen LogP contribution is -2.47. The summed E-state index contributed by atoms with van der Waals surface area (Å²) in [4.78, 5) is 24.8. The van der Waals surface area contributed by atoms with Gasteiger partial charge in [0.1, 0.15) is 18.4 Å². The van der Waals surface area contributed by atoms with Crippen molar-refractivity contribution in [1.82, 2.24) is 24.6 Å². The molecule has 3 heterocycles. The van der Waals surface area contributed by atoms with Crippen LogP contribution in [0.5, 0.6) is 5.75 Å². The van der Waals surface area contributed by atoms with Gasteiger partial charge in [-0.25, -0.2) is 18.3 Å². The van der Waals surface area contributed by atoms with Crippen molar-refractivity contribution in [3.63, 3.8) is 0 Å². The van der Waals surface area contributed by atoms with Gasteiger partial charge in [0.25, 0.3) is 5.85 Å². The number of fused-ring (bicyclic) bond motifs is 1. The van der Waals surface area contributed by atoms with Crippen LogP contribution in [0.4, 0.5) is 20.5 Å². The monoisotopic (exact) mass is 627 g/mol. The lowest BCUT2D eigenvalue weighted by molar-refractivity contribution is -0.202. The first-order valence-corrected chi connectivity index (χ1v) is 15.2. The van der Waals surface area contributed by atoms with Gasteiger partial charge in [0, 0.05) is 6.54 Å². The standard InChI is InChI=1S/C26H36F2N7O7P/c1-6-12-30-19-18-20(33-24(29)32-19)35(14-31-18)23-25(5,27)22(37)26(28,41-23)13-39-43(38,42-17-10-8-7-9-11-17)34-16(4)21(36)40-15(2)3/h7-11,14-16,22-23,37H,6,12-13H2,1-5H3,(H,34,38)(H3,29,30,32,33)/t16-,22-,23+,25+,26+,43+/m0/s1. The number of hydrogen-bond acceptors (Lipinski definition) is 12. The molecule has 5 N–H and O–H groups in total. The van der Waals surface area contributed by atoms with Gasteiger partial charge in [-0.15, -0.1) is 0 Å². The average Bonchev–Trinajstić information content (AvgIpc) is 3.43. The number of nitrogens with two attached hydrogens (primary N) is 1. The highest BCUT2D eigenvalue weighted by Gasteiger charge is 2.65. The van der Waals surface area contributed by atoms with Crippen molar-refractivity contribution in [3.05, 3.63) is 36.7 Å². The molecule has 0 unspecified atom stereocenters. The summed E-state index contributed by atoms with van der Waals surface area (Å²) >= 11 is 0. The Bertz CT molecular complexity index is 1480. The zero-order valence-electron chi connectivity index (χ0n) is 24.4. The van der Waals surface area contributed by atoms with Crippen molar-refractivity contribution in [3.8, 4) is 5.75 Å². The number of imidazole rings is 1. The Balaban J connectivity index is 1.61. The Morgan fingerprint density at radius 1 is 1.26 bits per heavy atom. The number of nitrogens with one attached hydrogen (secondary N) is 2. The van der Waals surface area contributed by atoms with Crippen LogP contribution in [0.15, 0.2) is 36.7 Å². The number of aliphatic hydroxyl groups excluding tert-OH is 1. The number of carbonyl (C=O) groups is 1. The SMILES string of the molecule is CCCNc1nc(N)nc2c1ncn2[C@@H]1O[C@](F)(CO[P@](=O)(N[C@@H](C)C(=O)OC(C)C)Oc2ccccc2)[C@@H](O)[C@@]1(C)F. The van der Waals surface area contributed by atoms with E-state index < -0.39 is 56.3 Å². The molecule has 6 atom stereocenters. The number of nitrogens with zero attached hydrogens (tertiary/aromatic N) is 4. The molecule has 0 radical (unpaired) electrons. The topological polar surface area (TPSA) is 185 Å². The average molecular weight is 628 g/mol. The number of anilines is 2. The Hall–Kier alpha value is -3.43. The second-order valence-corrected chi connectivity index (χ2v) is 12.2. The summed E-state index contributed by atoms with van der Waals surface area (Å²) in [5.41, 5.74) is 3.32. The Morgan fingerprint density at radius 3 is 2.60 bits per heavy atom. The van der Waals surface area contributed by atoms with Crippen LogP contribution in [0.1, 0.15) is 47.3 Å². The molecule has 2 aromatic heterocycles. The molecule has 4 rings (SSSR count). The van der Waals surface area contributed by atoms with Crippen molar-refractivity contribution in [2.24, 2.45) is 0 Å². The van der Waals surface area contributed by atoms with E-state index >= 15 is 8.78 Å². The van der Waals surface area contributed by atoms with E-state index in [4.69, 9.17) is 24.3 Å². The number of aromatic nitrogens is 4. The third-order valence-corrected chi connectivity index (χ3v) is 8.05. The third-order valence-electron chi connectivity index (χ3n) is 6.42. The van der Waals surface area contributed by atoms with E-state index in [0.29, 0.717) is 6.54 Å². The van der Waals surface area contributed by atoms with Gasteiger partial charge < -0.3 is 30.2 Å². The molecule has 3 aromatic rings. The molecule has 0 aliphatic carbocycles. The number of rotatable bonds is 13. The highest BCUT2D eigenvalue weighted by atomic mass is 31.2. The molecule has 1 aliphatic heterocycles. The molecular weight excluding hydrogens is 591 g/mol. The van der Waals surface area contributed by atoms with Gasteiger partial charge in [-0.05, 0) is 46.2 Å². The molecule has 17 heteroatoms. The number of aliphatic hydroxyl groups is 1. The number of halogens is 2. The van der Waals surface area contributed by atoms with Crippen molar-refractivity contribution in [1.29, 1.82) is 0 Å². The van der Waals surface area contributed by atoms with Crippen LogP contribution in [-0.4, -0.2) is 73.5 Å². The normalized spacial score (nSPS) is 25.9. The van der Waals surface area contributed by atoms with Gasteiger partial charge in [0.05, 0.1) is 12.4 Å². The molecule has 43 heavy (non-hydrogen) atoms. The molecule has 1 aromatic carbocycles. The predicted octanol–water partition coefficient (Wildman–Crippen LogP) is 3.65. The highest BCUT2D eigenvalue weighted by Crippen LogP contribution is 2.52. The van der Waals surface area contributed by atoms with Crippen LogP contribution in [0.25, 0.3) is 11.2 Å². The maximum absolute atomic E-state index is 16.3. The fourth-order valence-electron chi connectivity index (χ4n) is 4.34. The number of alkyl halides is 2. The Kier molecular flexibility index (Phi) is 9.57. The zero-order valence-corrected chi connectivity index (χ0v) is 25.3. The molecule has 14 nitrogen and oxygen atoms in total. The minimum absolute atomic E-state index is 0.0228. The number of hydrogen-bond donors (Lipinski definition) is 4. The van der Waals surface area contributed by atoms with Crippen molar-refractivity contribution in [2.75, 3.05) is 24.2 Å².